The molecule has 0 saturated carbocycles. The molecule has 2 N–H and O–H groups in total. The molecular formula is C23H22F3N5O3S2. The smallest absolute Gasteiger partial charge is 0.437 e. The van der Waals surface area contributed by atoms with Gasteiger partial charge in [0.25, 0.3) is 5.91 Å². The number of aliphatic hydroxyl groups excluding tert-OH is 1. The highest BCUT2D eigenvalue weighted by molar-refractivity contribution is 7.97. The van der Waals surface area contributed by atoms with E-state index in [1.54, 1.807) is 36.1 Å². The molecule has 190 valence electrons. The number of benzene rings is 1. The fourth-order valence-electron chi connectivity index (χ4n) is 3.12. The van der Waals surface area contributed by atoms with E-state index in [2.05, 4.69) is 14.7 Å². The summed E-state index contributed by atoms with van der Waals surface area (Å²) in [5.41, 5.74) is 0.565. The number of aliphatic hydroxyl groups is 1. The molecule has 8 nitrogen and oxygen atoms in total. The van der Waals surface area contributed by atoms with E-state index >= 15 is 0 Å². The van der Waals surface area contributed by atoms with Crippen molar-refractivity contribution >= 4 is 40.0 Å². The van der Waals surface area contributed by atoms with Crippen LogP contribution < -0.4 is 14.4 Å². The van der Waals surface area contributed by atoms with Gasteiger partial charge >= 0.3 is 6.18 Å². The summed E-state index contributed by atoms with van der Waals surface area (Å²) >= 11 is 2.41. The minimum atomic E-state index is -4.67. The van der Waals surface area contributed by atoms with Crippen molar-refractivity contribution in [2.24, 2.45) is 0 Å². The number of nitrogens with zero attached hydrogens (tertiary/aromatic N) is 4. The third-order valence-electron chi connectivity index (χ3n) is 4.85. The molecule has 0 saturated heterocycles. The summed E-state index contributed by atoms with van der Waals surface area (Å²) in [6.07, 6.45) is -3.02. The Kier molecular flexibility index (Phi) is 9.14. The van der Waals surface area contributed by atoms with E-state index in [1.807, 2.05) is 6.07 Å². The number of thiazole rings is 1. The van der Waals surface area contributed by atoms with Crippen molar-refractivity contribution in [3.05, 3.63) is 63.9 Å². The molecule has 1 amide bonds. The maximum atomic E-state index is 13.2. The Balaban J connectivity index is 1.96. The van der Waals surface area contributed by atoms with Gasteiger partial charge in [0.1, 0.15) is 11.4 Å². The molecule has 2 heterocycles. The van der Waals surface area contributed by atoms with Gasteiger partial charge in [-0.2, -0.15) is 18.4 Å². The molecule has 0 aliphatic heterocycles. The number of nitriles is 1. The number of anilines is 2. The molecule has 0 aliphatic rings. The van der Waals surface area contributed by atoms with E-state index in [9.17, 15) is 18.0 Å². The minimum absolute atomic E-state index is 0.0197. The van der Waals surface area contributed by atoms with Gasteiger partial charge in [0.15, 0.2) is 10.8 Å². The van der Waals surface area contributed by atoms with Gasteiger partial charge in [-0.25, -0.2) is 9.97 Å². The molecule has 3 rings (SSSR count). The lowest BCUT2D eigenvalue weighted by molar-refractivity contribution is -0.142. The molecule has 13 heteroatoms. The van der Waals surface area contributed by atoms with Crippen LogP contribution >= 0.6 is 23.3 Å². The summed E-state index contributed by atoms with van der Waals surface area (Å²) in [4.78, 5) is 23.0. The number of hydrogen-bond acceptors (Lipinski definition) is 9. The standard InChI is InChI=1S/C23H22F3N5O3S2/c1-14-19(21(33)30-35-9-3-8-32)29-22(36-14)31(17-6-4-15(11-27)5-7-17)13-16-10-18(34-2)20(28-12-16)23(24,25)26/h4-7,10,12,32H,3,8-9,13H2,1-2H3,(H,30,33). The fourth-order valence-corrected chi connectivity index (χ4v) is 4.65. The van der Waals surface area contributed by atoms with E-state index in [-0.39, 0.29) is 18.8 Å². The number of hydrogen-bond donors (Lipinski definition) is 2. The van der Waals surface area contributed by atoms with Crippen molar-refractivity contribution < 1.29 is 27.8 Å². The SMILES string of the molecule is COc1cc(CN(c2ccc(C#N)cc2)c2nc(C(=O)NSCCCO)c(C)s2)cnc1C(F)(F)F. The van der Waals surface area contributed by atoms with Gasteiger partial charge in [0.05, 0.1) is 25.3 Å². The Bertz CT molecular complexity index is 1240. The molecular weight excluding hydrogens is 515 g/mol. The number of carbonyl (C=O) groups excluding carboxylic acids is 1. The number of amides is 1. The number of ether oxygens (including phenoxy) is 1. The predicted octanol–water partition coefficient (Wildman–Crippen LogP) is 4.84. The van der Waals surface area contributed by atoms with E-state index < -0.39 is 23.5 Å². The highest BCUT2D eigenvalue weighted by Gasteiger charge is 2.36. The Morgan fingerprint density at radius 3 is 2.67 bits per heavy atom. The quantitative estimate of drug-likeness (QED) is 0.279. The van der Waals surface area contributed by atoms with Gasteiger partial charge in [0, 0.05) is 29.1 Å². The van der Waals surface area contributed by atoms with Crippen LogP contribution in [0.1, 0.15) is 38.6 Å². The van der Waals surface area contributed by atoms with E-state index in [0.717, 1.165) is 25.3 Å². The zero-order valence-electron chi connectivity index (χ0n) is 19.3. The summed E-state index contributed by atoms with van der Waals surface area (Å²) in [7, 11) is 1.14. The monoisotopic (exact) mass is 537 g/mol. The van der Waals surface area contributed by atoms with Gasteiger partial charge in [-0.3, -0.25) is 9.52 Å². The normalized spacial score (nSPS) is 11.1. The predicted molar refractivity (Wildman–Crippen MR) is 131 cm³/mol. The molecule has 36 heavy (non-hydrogen) atoms. The summed E-state index contributed by atoms with van der Waals surface area (Å²) < 4.78 is 47.4. The Hall–Kier alpha value is -3.34. The van der Waals surface area contributed by atoms with Crippen molar-refractivity contribution in [2.75, 3.05) is 24.4 Å². The molecule has 1 aromatic carbocycles. The molecule has 0 aliphatic carbocycles. The van der Waals surface area contributed by atoms with Crippen molar-refractivity contribution in [1.82, 2.24) is 14.7 Å². The summed E-state index contributed by atoms with van der Waals surface area (Å²) in [5.74, 6) is -0.260. The third-order valence-corrected chi connectivity index (χ3v) is 6.66. The zero-order chi connectivity index (χ0) is 26.3. The van der Waals surface area contributed by atoms with Crippen LogP contribution in [-0.4, -0.2) is 40.5 Å². The van der Waals surface area contributed by atoms with Crippen LogP contribution in [0.25, 0.3) is 0 Å². The third kappa shape index (κ3) is 6.66. The molecule has 2 aromatic heterocycles. The van der Waals surface area contributed by atoms with Crippen LogP contribution in [0.5, 0.6) is 5.75 Å². The number of methoxy groups -OCH3 is 1. The second-order valence-corrected chi connectivity index (χ2v) is 9.48. The Labute approximate surface area is 213 Å². The first kappa shape index (κ1) is 27.3. The maximum absolute atomic E-state index is 13.2. The average Bonchev–Trinajstić information content (AvgIpc) is 3.25. The number of halogens is 3. The van der Waals surface area contributed by atoms with Gasteiger partial charge in [-0.05, 0) is 49.2 Å². The second-order valence-electron chi connectivity index (χ2n) is 7.40. The largest absolute Gasteiger partial charge is 0.494 e. The van der Waals surface area contributed by atoms with Gasteiger partial charge < -0.3 is 14.7 Å². The lowest BCUT2D eigenvalue weighted by Crippen LogP contribution is -2.20. The molecule has 0 fully saturated rings. The molecule has 0 atom stereocenters. The molecule has 0 radical (unpaired) electrons. The first-order chi connectivity index (χ1) is 17.2. The average molecular weight is 538 g/mol. The van der Waals surface area contributed by atoms with Crippen molar-refractivity contribution in [3.8, 4) is 11.8 Å². The van der Waals surface area contributed by atoms with Crippen LogP contribution in [0, 0.1) is 18.3 Å². The fraction of sp³-hybridized carbons (Fsp3) is 0.304. The number of carbonyl (C=O) groups is 1. The number of pyridine rings is 1. The molecule has 0 bridgehead atoms. The first-order valence-corrected chi connectivity index (χ1v) is 12.4. The Morgan fingerprint density at radius 1 is 1.33 bits per heavy atom. The zero-order valence-corrected chi connectivity index (χ0v) is 20.9. The number of alkyl halides is 3. The van der Waals surface area contributed by atoms with Gasteiger partial charge in [-0.1, -0.05) is 11.9 Å². The van der Waals surface area contributed by atoms with E-state index in [1.165, 1.54) is 17.4 Å². The van der Waals surface area contributed by atoms with Crippen molar-refractivity contribution in [1.29, 1.82) is 5.26 Å². The van der Waals surface area contributed by atoms with E-state index in [4.69, 9.17) is 15.1 Å². The highest BCUT2D eigenvalue weighted by atomic mass is 32.2. The van der Waals surface area contributed by atoms with Gasteiger partial charge in [0.2, 0.25) is 0 Å². The van der Waals surface area contributed by atoms with E-state index in [0.29, 0.717) is 39.0 Å². The molecule has 0 spiro atoms. The summed E-state index contributed by atoms with van der Waals surface area (Å²) in [6, 6.07) is 9.90. The summed E-state index contributed by atoms with van der Waals surface area (Å²) in [5, 5.41) is 18.4. The molecule has 3 aromatic rings. The van der Waals surface area contributed by atoms with Crippen LogP contribution in [0.15, 0.2) is 36.5 Å². The van der Waals surface area contributed by atoms with Crippen LogP contribution in [0.4, 0.5) is 24.0 Å². The number of nitrogens with one attached hydrogen (secondary N) is 1. The van der Waals surface area contributed by atoms with Crippen LogP contribution in [-0.2, 0) is 12.7 Å². The first-order valence-electron chi connectivity index (χ1n) is 10.6. The summed E-state index contributed by atoms with van der Waals surface area (Å²) in [6.45, 7) is 1.84. The molecule has 0 unspecified atom stereocenters. The van der Waals surface area contributed by atoms with Crippen LogP contribution in [0.3, 0.4) is 0 Å². The maximum Gasteiger partial charge on any atom is 0.437 e. The number of rotatable bonds is 10. The van der Waals surface area contributed by atoms with Crippen LogP contribution in [0.2, 0.25) is 0 Å². The Morgan fingerprint density at radius 2 is 2.06 bits per heavy atom. The lowest BCUT2D eigenvalue weighted by atomic mass is 10.2. The highest BCUT2D eigenvalue weighted by Crippen LogP contribution is 2.37. The number of aryl methyl sites for hydroxylation is 1. The minimum Gasteiger partial charge on any atom is -0.494 e. The van der Waals surface area contributed by atoms with Crippen molar-refractivity contribution in [2.45, 2.75) is 26.1 Å². The second kappa shape index (κ2) is 12.1. The topological polar surface area (TPSA) is 111 Å². The van der Waals surface area contributed by atoms with Gasteiger partial charge in [-0.15, -0.1) is 11.3 Å². The van der Waals surface area contributed by atoms with Crippen molar-refractivity contribution in [3.63, 3.8) is 0 Å². The lowest BCUT2D eigenvalue weighted by Gasteiger charge is -2.23. The number of aromatic nitrogens is 2.